The Bertz CT molecular complexity index is 479. The maximum absolute atomic E-state index is 11.8. The zero-order valence-electron chi connectivity index (χ0n) is 20.1. The van der Waals surface area contributed by atoms with Gasteiger partial charge in [0.25, 0.3) is 0 Å². The van der Waals surface area contributed by atoms with E-state index in [4.69, 9.17) is 9.84 Å². The number of sulfone groups is 1. The smallest absolute Gasteiger partial charge is 0.148 e. The van der Waals surface area contributed by atoms with Gasteiger partial charge in [-0.3, -0.25) is 0 Å². The molecule has 0 atom stereocenters. The monoisotopic (exact) mass is 434 g/mol. The van der Waals surface area contributed by atoms with Crippen LogP contribution in [0.3, 0.4) is 0 Å². The van der Waals surface area contributed by atoms with Gasteiger partial charge in [0.2, 0.25) is 0 Å². The summed E-state index contributed by atoms with van der Waals surface area (Å²) >= 11 is 0. The van der Waals surface area contributed by atoms with Gasteiger partial charge in [-0.25, -0.2) is 8.42 Å². The first-order valence-corrected chi connectivity index (χ1v) is 14.1. The van der Waals surface area contributed by atoms with Crippen LogP contribution in [-0.4, -0.2) is 45.4 Å². The Balaban J connectivity index is 4.01. The predicted octanol–water partition coefficient (Wildman–Crippen LogP) is 6.16. The molecule has 0 saturated heterocycles. The molecule has 0 aliphatic carbocycles. The van der Waals surface area contributed by atoms with Gasteiger partial charge < -0.3 is 9.84 Å². The van der Waals surface area contributed by atoms with Gasteiger partial charge in [0.05, 0.1) is 5.75 Å². The molecule has 0 heterocycles. The summed E-state index contributed by atoms with van der Waals surface area (Å²) in [5.41, 5.74) is 0.381. The molecular formula is C24H50O4S. The number of aliphatic hydroxyl groups excluding tert-OH is 1. The Hall–Kier alpha value is -0.130. The van der Waals surface area contributed by atoms with Crippen molar-refractivity contribution in [2.24, 2.45) is 10.8 Å². The fraction of sp³-hybridized carbons (Fsp3) is 1.00. The maximum Gasteiger partial charge on any atom is 0.148 e. The summed E-state index contributed by atoms with van der Waals surface area (Å²) in [5.74, 6) is 0.308. The molecular weight excluding hydrogens is 384 g/mol. The first kappa shape index (κ1) is 28.9. The van der Waals surface area contributed by atoms with Gasteiger partial charge in [-0.05, 0) is 62.2 Å². The molecule has 1 N–H and O–H groups in total. The number of unbranched alkanes of at least 4 members (excludes halogenated alkanes) is 3. The SMILES string of the molecule is CCC(CC)(CCCCO)CCCCOCCCCC(CC)(CC)CS(C)(=O)=O. The van der Waals surface area contributed by atoms with Crippen molar-refractivity contribution in [2.45, 2.75) is 111 Å². The molecule has 0 spiro atoms. The standard InChI is InChI=1S/C24H50O4S/c1-6-23(7-2,16-10-13-19-25)17-11-14-20-28-21-15-12-18-24(8-3,9-4)22-29(5,26)27/h25H,6-22H2,1-5H3. The number of hydrogen-bond donors (Lipinski definition) is 1. The molecule has 0 aliphatic heterocycles. The highest BCUT2D eigenvalue weighted by molar-refractivity contribution is 7.90. The van der Waals surface area contributed by atoms with Gasteiger partial charge in [-0.15, -0.1) is 0 Å². The Labute approximate surface area is 182 Å². The Morgan fingerprint density at radius 1 is 0.690 bits per heavy atom. The van der Waals surface area contributed by atoms with Crippen LogP contribution < -0.4 is 0 Å². The molecule has 0 saturated carbocycles. The molecule has 0 aliphatic rings. The second-order valence-electron chi connectivity index (χ2n) is 9.19. The average molecular weight is 435 g/mol. The van der Waals surface area contributed by atoms with Gasteiger partial charge in [-0.1, -0.05) is 59.8 Å². The molecule has 0 rings (SSSR count). The first-order valence-electron chi connectivity index (χ1n) is 12.1. The van der Waals surface area contributed by atoms with Gasteiger partial charge in [0, 0.05) is 26.1 Å². The van der Waals surface area contributed by atoms with Crippen molar-refractivity contribution in [3.05, 3.63) is 0 Å². The van der Waals surface area contributed by atoms with Crippen LogP contribution >= 0.6 is 0 Å². The Kier molecular flexibility index (Phi) is 15.6. The van der Waals surface area contributed by atoms with Crippen LogP contribution in [0.2, 0.25) is 0 Å². The van der Waals surface area contributed by atoms with Crippen molar-refractivity contribution in [3.8, 4) is 0 Å². The third-order valence-electron chi connectivity index (χ3n) is 7.18. The van der Waals surface area contributed by atoms with E-state index in [0.29, 0.717) is 17.8 Å². The topological polar surface area (TPSA) is 63.6 Å². The lowest BCUT2D eigenvalue weighted by Crippen LogP contribution is -2.28. The Morgan fingerprint density at radius 3 is 1.48 bits per heavy atom. The molecule has 29 heavy (non-hydrogen) atoms. The highest BCUT2D eigenvalue weighted by atomic mass is 32.2. The second-order valence-corrected chi connectivity index (χ2v) is 11.3. The van der Waals surface area contributed by atoms with Crippen LogP contribution in [0, 0.1) is 10.8 Å². The van der Waals surface area contributed by atoms with Crippen LogP contribution in [0.5, 0.6) is 0 Å². The third-order valence-corrected chi connectivity index (χ3v) is 8.31. The normalized spacial score (nSPS) is 13.2. The van der Waals surface area contributed by atoms with E-state index in [1.54, 1.807) is 0 Å². The lowest BCUT2D eigenvalue weighted by Gasteiger charge is -2.32. The van der Waals surface area contributed by atoms with Crippen molar-refractivity contribution in [1.29, 1.82) is 0 Å². The van der Waals surface area contributed by atoms with Crippen molar-refractivity contribution >= 4 is 9.84 Å². The minimum absolute atomic E-state index is 0.0623. The maximum atomic E-state index is 11.8. The molecule has 0 amide bonds. The number of rotatable bonds is 20. The van der Waals surface area contributed by atoms with E-state index in [9.17, 15) is 8.42 Å². The molecule has 4 nitrogen and oxygen atoms in total. The molecule has 0 fully saturated rings. The average Bonchev–Trinajstić information content (AvgIpc) is 2.69. The minimum Gasteiger partial charge on any atom is -0.396 e. The van der Waals surface area contributed by atoms with E-state index in [2.05, 4.69) is 27.7 Å². The van der Waals surface area contributed by atoms with E-state index in [-0.39, 0.29) is 5.41 Å². The van der Waals surface area contributed by atoms with E-state index < -0.39 is 9.84 Å². The number of ether oxygens (including phenoxy) is 1. The van der Waals surface area contributed by atoms with Gasteiger partial charge >= 0.3 is 0 Å². The fourth-order valence-corrected chi connectivity index (χ4v) is 6.31. The highest BCUT2D eigenvalue weighted by Crippen LogP contribution is 2.38. The molecule has 0 aromatic rings. The molecule has 0 bridgehead atoms. The largest absolute Gasteiger partial charge is 0.396 e. The Morgan fingerprint density at radius 2 is 1.10 bits per heavy atom. The third kappa shape index (κ3) is 13.0. The minimum atomic E-state index is -2.93. The van der Waals surface area contributed by atoms with Gasteiger partial charge in [0.1, 0.15) is 9.84 Å². The molecule has 176 valence electrons. The predicted molar refractivity (Wildman–Crippen MR) is 125 cm³/mol. The lowest BCUT2D eigenvalue weighted by atomic mass is 9.74. The summed E-state index contributed by atoms with van der Waals surface area (Å²) in [6.45, 7) is 10.7. The van der Waals surface area contributed by atoms with E-state index in [1.165, 1.54) is 38.4 Å². The van der Waals surface area contributed by atoms with Crippen molar-refractivity contribution in [1.82, 2.24) is 0 Å². The molecule has 5 heteroatoms. The fourth-order valence-electron chi connectivity index (χ4n) is 4.64. The van der Waals surface area contributed by atoms with Crippen LogP contribution in [0.15, 0.2) is 0 Å². The van der Waals surface area contributed by atoms with E-state index in [0.717, 1.165) is 64.6 Å². The van der Waals surface area contributed by atoms with E-state index in [1.807, 2.05) is 0 Å². The van der Waals surface area contributed by atoms with E-state index >= 15 is 0 Å². The van der Waals surface area contributed by atoms with Crippen LogP contribution in [0.1, 0.15) is 111 Å². The highest BCUT2D eigenvalue weighted by Gasteiger charge is 2.29. The molecule has 0 aromatic carbocycles. The lowest BCUT2D eigenvalue weighted by molar-refractivity contribution is 0.115. The summed E-state index contributed by atoms with van der Waals surface area (Å²) in [4.78, 5) is 0. The summed E-state index contributed by atoms with van der Waals surface area (Å²) in [6, 6.07) is 0. The van der Waals surface area contributed by atoms with Crippen LogP contribution in [-0.2, 0) is 14.6 Å². The summed E-state index contributed by atoms with van der Waals surface area (Å²) in [6.07, 6.45) is 15.5. The first-order chi connectivity index (χ1) is 13.7. The van der Waals surface area contributed by atoms with Gasteiger partial charge in [0.15, 0.2) is 0 Å². The zero-order valence-corrected chi connectivity index (χ0v) is 20.9. The quantitative estimate of drug-likeness (QED) is 0.233. The van der Waals surface area contributed by atoms with Crippen LogP contribution in [0.4, 0.5) is 0 Å². The van der Waals surface area contributed by atoms with Crippen molar-refractivity contribution in [2.75, 3.05) is 31.8 Å². The molecule has 0 unspecified atom stereocenters. The summed E-state index contributed by atoms with van der Waals surface area (Å²) < 4.78 is 29.3. The number of hydrogen-bond acceptors (Lipinski definition) is 4. The zero-order chi connectivity index (χ0) is 22.2. The van der Waals surface area contributed by atoms with Gasteiger partial charge in [-0.2, -0.15) is 0 Å². The number of aliphatic hydroxyl groups is 1. The van der Waals surface area contributed by atoms with Crippen molar-refractivity contribution in [3.63, 3.8) is 0 Å². The van der Waals surface area contributed by atoms with Crippen molar-refractivity contribution < 1.29 is 18.3 Å². The molecule has 0 radical (unpaired) electrons. The second kappa shape index (κ2) is 15.6. The molecule has 0 aromatic heterocycles. The van der Waals surface area contributed by atoms with Crippen LogP contribution in [0.25, 0.3) is 0 Å². The summed E-state index contributed by atoms with van der Waals surface area (Å²) in [7, 11) is -2.93. The summed E-state index contributed by atoms with van der Waals surface area (Å²) in [5, 5.41) is 9.02.